The van der Waals surface area contributed by atoms with Gasteiger partial charge in [-0.2, -0.15) is 5.10 Å². The summed E-state index contributed by atoms with van der Waals surface area (Å²) in [4.78, 5) is 26.0. The molecule has 0 spiro atoms. The predicted molar refractivity (Wildman–Crippen MR) is 131 cm³/mol. The Morgan fingerprint density at radius 2 is 1.61 bits per heavy atom. The normalized spacial score (nSPS) is 10.6. The highest BCUT2D eigenvalue weighted by molar-refractivity contribution is 6.33. The van der Waals surface area contributed by atoms with E-state index < -0.39 is 5.91 Å². The molecule has 7 heteroatoms. The van der Waals surface area contributed by atoms with Crippen molar-refractivity contribution in [2.75, 3.05) is 10.6 Å². The van der Waals surface area contributed by atoms with Gasteiger partial charge in [-0.3, -0.25) is 9.59 Å². The van der Waals surface area contributed by atoms with E-state index in [1.165, 1.54) is 0 Å². The second kappa shape index (κ2) is 9.71. The van der Waals surface area contributed by atoms with Crippen LogP contribution in [0.1, 0.15) is 37.5 Å². The van der Waals surface area contributed by atoms with Crippen LogP contribution in [0.25, 0.3) is 0 Å². The summed E-state index contributed by atoms with van der Waals surface area (Å²) < 4.78 is 1.59. The average Bonchev–Trinajstić information content (AvgIpc) is 3.07. The number of benzene rings is 3. The third kappa shape index (κ3) is 5.13. The summed E-state index contributed by atoms with van der Waals surface area (Å²) in [5.41, 5.74) is 4.26. The van der Waals surface area contributed by atoms with E-state index in [9.17, 15) is 9.59 Å². The molecule has 0 aliphatic rings. The predicted octanol–water partition coefficient (Wildman–Crippen LogP) is 5.71. The van der Waals surface area contributed by atoms with E-state index >= 15 is 0 Å². The van der Waals surface area contributed by atoms with E-state index in [2.05, 4.69) is 15.7 Å². The Balaban J connectivity index is 1.55. The quantitative estimate of drug-likeness (QED) is 0.388. The highest BCUT2D eigenvalue weighted by Gasteiger charge is 2.22. The lowest BCUT2D eigenvalue weighted by atomic mass is 10.1. The second-order valence-corrected chi connectivity index (χ2v) is 8.08. The van der Waals surface area contributed by atoms with Gasteiger partial charge in [0, 0.05) is 5.69 Å². The molecule has 1 aromatic heterocycles. The Morgan fingerprint density at radius 3 is 2.36 bits per heavy atom. The number of aromatic nitrogens is 2. The molecule has 166 valence electrons. The van der Waals surface area contributed by atoms with Gasteiger partial charge >= 0.3 is 0 Å². The molecule has 0 unspecified atom stereocenters. The number of carbonyl (C=O) groups excluding carboxylic acids is 2. The first-order valence-corrected chi connectivity index (χ1v) is 10.9. The van der Waals surface area contributed by atoms with Crippen molar-refractivity contribution in [1.29, 1.82) is 0 Å². The number of nitrogens with zero attached hydrogens (tertiary/aromatic N) is 2. The maximum atomic E-state index is 13.1. The van der Waals surface area contributed by atoms with Gasteiger partial charge in [0.15, 0.2) is 0 Å². The fourth-order valence-corrected chi connectivity index (χ4v) is 3.89. The van der Waals surface area contributed by atoms with Crippen LogP contribution in [0, 0.1) is 13.8 Å². The first-order valence-electron chi connectivity index (χ1n) is 10.5. The van der Waals surface area contributed by atoms with Crippen LogP contribution in [0.5, 0.6) is 0 Å². The molecule has 0 saturated carbocycles. The summed E-state index contributed by atoms with van der Waals surface area (Å²) in [5.74, 6) is -0.744. The van der Waals surface area contributed by atoms with E-state index in [-0.39, 0.29) is 16.6 Å². The number of nitrogens with one attached hydrogen (secondary N) is 2. The van der Waals surface area contributed by atoms with Gasteiger partial charge in [0.2, 0.25) is 0 Å². The topological polar surface area (TPSA) is 76.0 Å². The Labute approximate surface area is 197 Å². The van der Waals surface area contributed by atoms with Crippen LogP contribution in [0.4, 0.5) is 11.4 Å². The van der Waals surface area contributed by atoms with E-state index in [0.717, 1.165) is 11.1 Å². The lowest BCUT2D eigenvalue weighted by Crippen LogP contribution is -2.19. The molecule has 0 radical (unpaired) electrons. The van der Waals surface area contributed by atoms with Crippen molar-refractivity contribution >= 4 is 34.8 Å². The highest BCUT2D eigenvalue weighted by atomic mass is 35.5. The average molecular weight is 459 g/mol. The number of carbonyl (C=O) groups is 2. The molecule has 2 N–H and O–H groups in total. The van der Waals surface area contributed by atoms with Crippen molar-refractivity contribution in [3.63, 3.8) is 0 Å². The van der Waals surface area contributed by atoms with Crippen molar-refractivity contribution in [2.24, 2.45) is 0 Å². The molecular formula is C26H23ClN4O2. The summed E-state index contributed by atoms with van der Waals surface area (Å²) >= 11 is 6.53. The lowest BCUT2D eigenvalue weighted by Gasteiger charge is -2.12. The van der Waals surface area contributed by atoms with Gasteiger partial charge in [0.1, 0.15) is 5.15 Å². The van der Waals surface area contributed by atoms with Crippen LogP contribution in [0.15, 0.2) is 78.9 Å². The summed E-state index contributed by atoms with van der Waals surface area (Å²) in [7, 11) is 0. The maximum Gasteiger partial charge on any atom is 0.260 e. The van der Waals surface area contributed by atoms with Gasteiger partial charge in [0.25, 0.3) is 11.8 Å². The summed E-state index contributed by atoms with van der Waals surface area (Å²) in [6, 6.07) is 24.1. The number of anilines is 2. The zero-order valence-electron chi connectivity index (χ0n) is 18.3. The van der Waals surface area contributed by atoms with Crippen LogP contribution < -0.4 is 10.6 Å². The van der Waals surface area contributed by atoms with Gasteiger partial charge in [0.05, 0.1) is 29.1 Å². The number of halogens is 1. The molecule has 0 atom stereocenters. The molecule has 3 aromatic carbocycles. The lowest BCUT2D eigenvalue weighted by molar-refractivity contribution is 0.102. The van der Waals surface area contributed by atoms with Gasteiger partial charge in [-0.1, -0.05) is 66.2 Å². The molecule has 6 nitrogen and oxygen atoms in total. The SMILES string of the molecule is Cc1cccc(NC(=O)c2ccccc2NC(=O)c2c(C)nn(Cc3ccccc3)c2Cl)c1. The first kappa shape index (κ1) is 22.3. The van der Waals surface area contributed by atoms with E-state index in [1.54, 1.807) is 35.9 Å². The number of hydrogen-bond acceptors (Lipinski definition) is 3. The molecule has 4 aromatic rings. The molecule has 33 heavy (non-hydrogen) atoms. The van der Waals surface area contributed by atoms with E-state index in [4.69, 9.17) is 11.6 Å². The Hall–Kier alpha value is -3.90. The molecule has 2 amide bonds. The first-order chi connectivity index (χ1) is 15.9. The summed E-state index contributed by atoms with van der Waals surface area (Å²) in [5, 5.41) is 10.4. The van der Waals surface area contributed by atoms with Crippen LogP contribution >= 0.6 is 11.6 Å². The minimum atomic E-state index is -0.424. The largest absolute Gasteiger partial charge is 0.322 e. The zero-order chi connectivity index (χ0) is 23.4. The summed E-state index contributed by atoms with van der Waals surface area (Å²) in [6.07, 6.45) is 0. The van der Waals surface area contributed by atoms with Gasteiger partial charge in [-0.15, -0.1) is 0 Å². The van der Waals surface area contributed by atoms with Gasteiger partial charge in [-0.05, 0) is 49.2 Å². The highest BCUT2D eigenvalue weighted by Crippen LogP contribution is 2.24. The van der Waals surface area contributed by atoms with Crippen LogP contribution in [0.2, 0.25) is 5.15 Å². The van der Waals surface area contributed by atoms with Gasteiger partial charge < -0.3 is 10.6 Å². The standard InChI is InChI=1S/C26H23ClN4O2/c1-17-9-8-12-20(15-17)28-25(32)21-13-6-7-14-22(21)29-26(33)23-18(2)30-31(24(23)27)16-19-10-4-3-5-11-19/h3-15H,16H2,1-2H3,(H,28,32)(H,29,33). The van der Waals surface area contributed by atoms with Crippen LogP contribution in [0.3, 0.4) is 0 Å². The fraction of sp³-hybridized carbons (Fsp3) is 0.115. The van der Waals surface area contributed by atoms with Gasteiger partial charge in [-0.25, -0.2) is 4.68 Å². The number of rotatable bonds is 6. The van der Waals surface area contributed by atoms with Crippen molar-refractivity contribution in [3.05, 3.63) is 112 Å². The van der Waals surface area contributed by atoms with E-state index in [1.807, 2.05) is 61.5 Å². The van der Waals surface area contributed by atoms with Crippen molar-refractivity contribution in [1.82, 2.24) is 9.78 Å². The van der Waals surface area contributed by atoms with Crippen LogP contribution in [-0.2, 0) is 6.54 Å². The Bertz CT molecular complexity index is 1320. The minimum Gasteiger partial charge on any atom is -0.322 e. The van der Waals surface area contributed by atoms with Crippen LogP contribution in [-0.4, -0.2) is 21.6 Å². The van der Waals surface area contributed by atoms with E-state index in [0.29, 0.717) is 29.2 Å². The zero-order valence-corrected chi connectivity index (χ0v) is 19.1. The Kier molecular flexibility index (Phi) is 6.56. The number of hydrogen-bond donors (Lipinski definition) is 2. The molecule has 0 aliphatic heterocycles. The molecular weight excluding hydrogens is 436 g/mol. The number of aryl methyl sites for hydroxylation is 2. The maximum absolute atomic E-state index is 13.1. The van der Waals surface area contributed by atoms with Crippen molar-refractivity contribution < 1.29 is 9.59 Å². The van der Waals surface area contributed by atoms with Crippen molar-refractivity contribution in [3.8, 4) is 0 Å². The third-order valence-electron chi connectivity index (χ3n) is 5.16. The molecule has 1 heterocycles. The number of amides is 2. The molecule has 0 fully saturated rings. The molecule has 0 aliphatic carbocycles. The molecule has 0 saturated heterocycles. The molecule has 0 bridgehead atoms. The summed E-state index contributed by atoms with van der Waals surface area (Å²) in [6.45, 7) is 4.13. The second-order valence-electron chi connectivity index (χ2n) is 7.72. The smallest absolute Gasteiger partial charge is 0.260 e. The van der Waals surface area contributed by atoms with Crippen molar-refractivity contribution in [2.45, 2.75) is 20.4 Å². The Morgan fingerprint density at radius 1 is 0.879 bits per heavy atom. The fourth-order valence-electron chi connectivity index (χ4n) is 3.57. The minimum absolute atomic E-state index is 0.246. The third-order valence-corrected chi connectivity index (χ3v) is 5.55. The molecule has 4 rings (SSSR count). The number of para-hydroxylation sites is 1. The monoisotopic (exact) mass is 458 g/mol.